The van der Waals surface area contributed by atoms with Crippen LogP contribution in [0.4, 0.5) is 0 Å². The van der Waals surface area contributed by atoms with Gasteiger partial charge in [-0.1, -0.05) is 12.1 Å². The monoisotopic (exact) mass is 277 g/mol. The number of benzene rings is 1. The van der Waals surface area contributed by atoms with Crippen LogP contribution in [0.3, 0.4) is 0 Å². The molecule has 1 aromatic heterocycles. The van der Waals surface area contributed by atoms with E-state index >= 15 is 0 Å². The largest absolute Gasteiger partial charge is 0.508 e. The highest BCUT2D eigenvalue weighted by Crippen LogP contribution is 2.17. The van der Waals surface area contributed by atoms with Crippen molar-refractivity contribution in [3.05, 3.63) is 41.5 Å². The second-order valence-corrected chi connectivity index (χ2v) is 4.15. The first kappa shape index (κ1) is 14.0. The summed E-state index contributed by atoms with van der Waals surface area (Å²) in [5, 5.41) is 12.7. The van der Waals surface area contributed by atoms with Gasteiger partial charge >= 0.3 is 5.97 Å². The Bertz CT molecular complexity index is 580. The summed E-state index contributed by atoms with van der Waals surface area (Å²) in [6.07, 6.45) is 0.449. The number of hydrogen-bond acceptors (Lipinski definition) is 7. The van der Waals surface area contributed by atoms with Crippen molar-refractivity contribution in [1.82, 2.24) is 10.1 Å². The molecule has 106 valence electrons. The summed E-state index contributed by atoms with van der Waals surface area (Å²) in [6, 6.07) is 6.10. The molecule has 1 heterocycles. The molecule has 20 heavy (non-hydrogen) atoms. The third kappa shape index (κ3) is 3.33. The Balaban J connectivity index is 2.04. The number of carbonyl (C=O) groups excluding carboxylic acids is 1. The van der Waals surface area contributed by atoms with Crippen molar-refractivity contribution in [3.63, 3.8) is 0 Å². The van der Waals surface area contributed by atoms with Gasteiger partial charge in [0.25, 0.3) is 5.82 Å². The van der Waals surface area contributed by atoms with Gasteiger partial charge < -0.3 is 20.1 Å². The lowest BCUT2D eigenvalue weighted by Gasteiger charge is -2.06. The number of rotatable bonds is 5. The van der Waals surface area contributed by atoms with E-state index in [9.17, 15) is 9.90 Å². The van der Waals surface area contributed by atoms with Gasteiger partial charge in [0.2, 0.25) is 5.89 Å². The van der Waals surface area contributed by atoms with Gasteiger partial charge in [0, 0.05) is 0 Å². The van der Waals surface area contributed by atoms with Crippen molar-refractivity contribution >= 4 is 5.97 Å². The van der Waals surface area contributed by atoms with Crippen molar-refractivity contribution in [2.75, 3.05) is 6.61 Å². The van der Waals surface area contributed by atoms with Crippen molar-refractivity contribution in [3.8, 4) is 5.75 Å². The van der Waals surface area contributed by atoms with E-state index in [4.69, 9.17) is 15.0 Å². The Morgan fingerprint density at radius 1 is 1.45 bits per heavy atom. The van der Waals surface area contributed by atoms with Crippen LogP contribution in [0.5, 0.6) is 5.75 Å². The molecule has 1 atom stereocenters. The van der Waals surface area contributed by atoms with Crippen LogP contribution in [0.25, 0.3) is 0 Å². The number of aromatic nitrogens is 2. The molecule has 0 fully saturated rings. The number of hydrogen-bond donors (Lipinski definition) is 2. The van der Waals surface area contributed by atoms with E-state index in [0.29, 0.717) is 6.42 Å². The second kappa shape index (κ2) is 6.16. The van der Waals surface area contributed by atoms with Crippen LogP contribution < -0.4 is 5.73 Å². The zero-order valence-electron chi connectivity index (χ0n) is 10.9. The van der Waals surface area contributed by atoms with E-state index in [-0.39, 0.29) is 24.1 Å². The summed E-state index contributed by atoms with van der Waals surface area (Å²) in [6.45, 7) is 1.93. The van der Waals surface area contributed by atoms with Crippen molar-refractivity contribution in [2.24, 2.45) is 5.73 Å². The minimum atomic E-state index is -0.640. The molecule has 0 spiro atoms. The Kier molecular flexibility index (Phi) is 4.31. The van der Waals surface area contributed by atoms with Gasteiger partial charge in [-0.15, -0.1) is 0 Å². The van der Waals surface area contributed by atoms with Crippen molar-refractivity contribution in [1.29, 1.82) is 0 Å². The Labute approximate surface area is 115 Å². The highest BCUT2D eigenvalue weighted by Gasteiger charge is 2.20. The normalized spacial score (nSPS) is 12.1. The van der Waals surface area contributed by atoms with Crippen molar-refractivity contribution < 1.29 is 19.2 Å². The molecule has 1 aromatic carbocycles. The molecule has 2 aromatic rings. The zero-order valence-corrected chi connectivity index (χ0v) is 10.9. The first-order valence-electron chi connectivity index (χ1n) is 6.14. The van der Waals surface area contributed by atoms with Gasteiger partial charge in [0.05, 0.1) is 12.6 Å². The minimum Gasteiger partial charge on any atom is -0.508 e. The average molecular weight is 277 g/mol. The first-order chi connectivity index (χ1) is 9.60. The van der Waals surface area contributed by atoms with Crippen molar-refractivity contribution in [2.45, 2.75) is 19.4 Å². The maximum absolute atomic E-state index is 11.4. The third-order valence-electron chi connectivity index (χ3n) is 2.61. The fraction of sp³-hybridized carbons (Fsp3) is 0.308. The summed E-state index contributed by atoms with van der Waals surface area (Å²) < 4.78 is 9.71. The Morgan fingerprint density at radius 3 is 2.80 bits per heavy atom. The minimum absolute atomic E-state index is 0.136. The molecule has 2 rings (SSSR count). The summed E-state index contributed by atoms with van der Waals surface area (Å²) >= 11 is 0. The van der Waals surface area contributed by atoms with Crippen LogP contribution in [0.2, 0.25) is 0 Å². The van der Waals surface area contributed by atoms with Gasteiger partial charge in [-0.2, -0.15) is 4.98 Å². The standard InChI is InChI=1S/C13H15N3O4/c1-2-19-13(18)11-15-12(20-16-11)10(14)7-8-3-5-9(17)6-4-8/h3-6,10,17H,2,7,14H2,1H3/t10-/m0/s1. The predicted molar refractivity (Wildman–Crippen MR) is 69.0 cm³/mol. The number of esters is 1. The topological polar surface area (TPSA) is 111 Å². The molecule has 0 aliphatic heterocycles. The molecule has 7 nitrogen and oxygen atoms in total. The van der Waals surface area contributed by atoms with Crippen LogP contribution in [-0.2, 0) is 11.2 Å². The number of ether oxygens (including phenoxy) is 1. The fourth-order valence-corrected chi connectivity index (χ4v) is 1.64. The zero-order chi connectivity index (χ0) is 14.5. The van der Waals surface area contributed by atoms with Crippen LogP contribution in [-0.4, -0.2) is 27.8 Å². The van der Waals surface area contributed by atoms with Crippen LogP contribution >= 0.6 is 0 Å². The van der Waals surface area contributed by atoms with E-state index in [1.165, 1.54) is 0 Å². The molecule has 0 bridgehead atoms. The summed E-state index contributed by atoms with van der Waals surface area (Å²) in [5.74, 6) is -0.423. The highest BCUT2D eigenvalue weighted by atomic mass is 16.5. The van der Waals surface area contributed by atoms with Gasteiger partial charge in [0.1, 0.15) is 5.75 Å². The molecule has 0 amide bonds. The summed E-state index contributed by atoms with van der Waals surface area (Å²) in [7, 11) is 0. The molecule has 0 unspecified atom stereocenters. The summed E-state index contributed by atoms with van der Waals surface area (Å²) in [5.41, 5.74) is 6.85. The molecule has 0 saturated carbocycles. The van der Waals surface area contributed by atoms with Gasteiger partial charge in [-0.3, -0.25) is 0 Å². The quantitative estimate of drug-likeness (QED) is 0.789. The fourth-order valence-electron chi connectivity index (χ4n) is 1.64. The predicted octanol–water partition coefficient (Wildman–Crippen LogP) is 1.19. The molecule has 0 aliphatic rings. The van der Waals surface area contributed by atoms with E-state index in [2.05, 4.69) is 10.1 Å². The Hall–Kier alpha value is -2.41. The maximum atomic E-state index is 11.4. The van der Waals surface area contributed by atoms with E-state index in [0.717, 1.165) is 5.56 Å². The molecule has 0 radical (unpaired) electrons. The molecule has 3 N–H and O–H groups in total. The number of nitrogens with two attached hydrogens (primary N) is 1. The van der Waals surface area contributed by atoms with Crippen LogP contribution in [0.15, 0.2) is 28.8 Å². The van der Waals surface area contributed by atoms with E-state index in [1.807, 2.05) is 0 Å². The van der Waals surface area contributed by atoms with Gasteiger partial charge in [0.15, 0.2) is 0 Å². The van der Waals surface area contributed by atoms with E-state index in [1.54, 1.807) is 31.2 Å². The number of nitrogens with zero attached hydrogens (tertiary/aromatic N) is 2. The van der Waals surface area contributed by atoms with Gasteiger partial charge in [-0.25, -0.2) is 4.79 Å². The number of phenolic OH excluding ortho intramolecular Hbond substituents is 1. The second-order valence-electron chi connectivity index (χ2n) is 4.15. The molecule has 0 saturated heterocycles. The molecular formula is C13H15N3O4. The lowest BCUT2D eigenvalue weighted by atomic mass is 10.1. The summed E-state index contributed by atoms with van der Waals surface area (Å²) in [4.78, 5) is 15.3. The smallest absolute Gasteiger partial charge is 0.379 e. The van der Waals surface area contributed by atoms with Crippen LogP contribution in [0, 0.1) is 0 Å². The first-order valence-corrected chi connectivity index (χ1v) is 6.14. The Morgan fingerprint density at radius 2 is 2.15 bits per heavy atom. The van der Waals surface area contributed by atoms with Crippen LogP contribution in [0.1, 0.15) is 35.0 Å². The molecular weight excluding hydrogens is 262 g/mol. The molecule has 0 aliphatic carbocycles. The van der Waals surface area contributed by atoms with Gasteiger partial charge in [-0.05, 0) is 36.2 Å². The third-order valence-corrected chi connectivity index (χ3v) is 2.61. The number of aromatic hydroxyl groups is 1. The molecule has 7 heteroatoms. The van der Waals surface area contributed by atoms with E-state index < -0.39 is 12.0 Å². The number of carbonyl (C=O) groups is 1. The highest BCUT2D eigenvalue weighted by molar-refractivity contribution is 5.84. The lowest BCUT2D eigenvalue weighted by Crippen LogP contribution is -2.14. The number of phenols is 1. The lowest BCUT2D eigenvalue weighted by molar-refractivity contribution is 0.0508. The average Bonchev–Trinajstić information content (AvgIpc) is 2.91. The maximum Gasteiger partial charge on any atom is 0.379 e. The SMILES string of the molecule is CCOC(=O)c1noc([C@@H](N)Cc2ccc(O)cc2)n1.